The Kier molecular flexibility index (Phi) is 6.98. The molecule has 1 atom stereocenters. The molecule has 2 nitrogen and oxygen atoms in total. The second-order valence-corrected chi connectivity index (χ2v) is 2.55. The van der Waals surface area contributed by atoms with E-state index in [1.807, 2.05) is 6.92 Å². The maximum Gasteiger partial charge on any atom is 0.0546 e. The molecule has 2 N–H and O–H groups in total. The van der Waals surface area contributed by atoms with Gasteiger partial charge in [0.1, 0.15) is 0 Å². The largest absolute Gasteiger partial charge is 0.379 e. The topological polar surface area (TPSA) is 35.2 Å². The molecule has 0 aliphatic rings. The Balaban J connectivity index is 2.97. The van der Waals surface area contributed by atoms with Crippen molar-refractivity contribution in [1.82, 2.24) is 0 Å². The first-order chi connectivity index (χ1) is 4.81. The molecule has 2 heteroatoms. The van der Waals surface area contributed by atoms with E-state index < -0.39 is 0 Å². The van der Waals surface area contributed by atoms with Gasteiger partial charge in [-0.2, -0.15) is 0 Å². The first kappa shape index (κ1) is 9.92. The fourth-order valence-electron chi connectivity index (χ4n) is 0.944. The molecule has 0 aromatic heterocycles. The standard InChI is InChI=1S/C8H19NO/c1-3-10-8(2)6-4-5-7-9/h8H,3-7,9H2,1-2H3. The van der Waals surface area contributed by atoms with Crippen LogP contribution in [0.15, 0.2) is 0 Å². The quantitative estimate of drug-likeness (QED) is 0.575. The summed E-state index contributed by atoms with van der Waals surface area (Å²) in [5.74, 6) is 0. The highest BCUT2D eigenvalue weighted by atomic mass is 16.5. The third-order valence-electron chi connectivity index (χ3n) is 1.52. The molecular formula is C8H19NO. The van der Waals surface area contributed by atoms with Crippen LogP contribution in [0.25, 0.3) is 0 Å². The van der Waals surface area contributed by atoms with Gasteiger partial charge in [0.2, 0.25) is 0 Å². The Morgan fingerprint density at radius 3 is 2.60 bits per heavy atom. The van der Waals surface area contributed by atoms with Crippen molar-refractivity contribution in [1.29, 1.82) is 0 Å². The predicted octanol–water partition coefficient (Wildman–Crippen LogP) is 1.54. The van der Waals surface area contributed by atoms with Gasteiger partial charge in [0.05, 0.1) is 6.10 Å². The molecule has 0 rings (SSSR count). The lowest BCUT2D eigenvalue weighted by Gasteiger charge is -2.09. The first-order valence-corrected chi connectivity index (χ1v) is 4.13. The monoisotopic (exact) mass is 145 g/mol. The summed E-state index contributed by atoms with van der Waals surface area (Å²) in [4.78, 5) is 0. The minimum atomic E-state index is 0.413. The van der Waals surface area contributed by atoms with E-state index in [1.165, 1.54) is 6.42 Å². The van der Waals surface area contributed by atoms with Gasteiger partial charge in [0.15, 0.2) is 0 Å². The van der Waals surface area contributed by atoms with Crippen LogP contribution >= 0.6 is 0 Å². The van der Waals surface area contributed by atoms with Gasteiger partial charge in [0.25, 0.3) is 0 Å². The first-order valence-electron chi connectivity index (χ1n) is 4.13. The summed E-state index contributed by atoms with van der Waals surface area (Å²) in [6.07, 6.45) is 3.87. The van der Waals surface area contributed by atoms with Crippen LogP contribution in [-0.2, 0) is 4.74 Å². The fourth-order valence-corrected chi connectivity index (χ4v) is 0.944. The summed E-state index contributed by atoms with van der Waals surface area (Å²) < 4.78 is 5.35. The van der Waals surface area contributed by atoms with E-state index in [0.29, 0.717) is 6.10 Å². The summed E-state index contributed by atoms with van der Waals surface area (Å²) in [5.41, 5.74) is 5.35. The van der Waals surface area contributed by atoms with Gasteiger partial charge in [-0.1, -0.05) is 0 Å². The van der Waals surface area contributed by atoms with Crippen molar-refractivity contribution >= 4 is 0 Å². The van der Waals surface area contributed by atoms with E-state index in [4.69, 9.17) is 10.5 Å². The molecule has 0 amide bonds. The average molecular weight is 145 g/mol. The van der Waals surface area contributed by atoms with Crippen LogP contribution in [0.1, 0.15) is 33.1 Å². The lowest BCUT2D eigenvalue weighted by Crippen LogP contribution is -2.08. The molecule has 1 unspecified atom stereocenters. The van der Waals surface area contributed by atoms with Gasteiger partial charge >= 0.3 is 0 Å². The Labute approximate surface area is 63.7 Å². The van der Waals surface area contributed by atoms with Gasteiger partial charge in [-0.05, 0) is 39.7 Å². The lowest BCUT2D eigenvalue weighted by molar-refractivity contribution is 0.0686. The Morgan fingerprint density at radius 2 is 2.10 bits per heavy atom. The number of rotatable bonds is 6. The summed E-state index contributed by atoms with van der Waals surface area (Å²) in [6, 6.07) is 0. The van der Waals surface area contributed by atoms with Crippen molar-refractivity contribution in [2.75, 3.05) is 13.2 Å². The third kappa shape index (κ3) is 6.05. The Hall–Kier alpha value is -0.0800. The van der Waals surface area contributed by atoms with Crippen molar-refractivity contribution in [3.63, 3.8) is 0 Å². The number of unbranched alkanes of at least 4 members (excludes halogenated alkanes) is 1. The van der Waals surface area contributed by atoms with Crippen molar-refractivity contribution < 1.29 is 4.74 Å². The SMILES string of the molecule is CCOC(C)CCCCN. The van der Waals surface area contributed by atoms with Crippen LogP contribution in [0.3, 0.4) is 0 Å². The predicted molar refractivity (Wildman–Crippen MR) is 44.0 cm³/mol. The van der Waals surface area contributed by atoms with Crippen molar-refractivity contribution in [2.24, 2.45) is 5.73 Å². The van der Waals surface area contributed by atoms with Gasteiger partial charge in [-0.15, -0.1) is 0 Å². The highest BCUT2D eigenvalue weighted by Gasteiger charge is 1.98. The number of hydrogen-bond donors (Lipinski definition) is 1. The van der Waals surface area contributed by atoms with E-state index >= 15 is 0 Å². The van der Waals surface area contributed by atoms with Gasteiger partial charge in [-0.3, -0.25) is 0 Å². The van der Waals surface area contributed by atoms with E-state index in [1.54, 1.807) is 0 Å². The Morgan fingerprint density at radius 1 is 1.40 bits per heavy atom. The third-order valence-corrected chi connectivity index (χ3v) is 1.52. The molecule has 0 aromatic carbocycles. The molecule has 0 fully saturated rings. The van der Waals surface area contributed by atoms with Crippen LogP contribution in [0.5, 0.6) is 0 Å². The van der Waals surface area contributed by atoms with Crippen LogP contribution < -0.4 is 5.73 Å². The van der Waals surface area contributed by atoms with Crippen LogP contribution in [0.2, 0.25) is 0 Å². The number of hydrogen-bond acceptors (Lipinski definition) is 2. The second-order valence-electron chi connectivity index (χ2n) is 2.55. The van der Waals surface area contributed by atoms with Crippen LogP contribution in [0, 0.1) is 0 Å². The van der Waals surface area contributed by atoms with Crippen LogP contribution in [-0.4, -0.2) is 19.3 Å². The number of nitrogens with two attached hydrogens (primary N) is 1. The summed E-state index contributed by atoms with van der Waals surface area (Å²) in [7, 11) is 0. The van der Waals surface area contributed by atoms with Crippen molar-refractivity contribution in [3.8, 4) is 0 Å². The molecular weight excluding hydrogens is 126 g/mol. The van der Waals surface area contributed by atoms with Gasteiger partial charge < -0.3 is 10.5 Å². The molecule has 0 saturated heterocycles. The lowest BCUT2D eigenvalue weighted by atomic mass is 10.2. The van der Waals surface area contributed by atoms with Gasteiger partial charge in [0, 0.05) is 6.61 Å². The zero-order valence-corrected chi connectivity index (χ0v) is 7.10. The van der Waals surface area contributed by atoms with E-state index in [2.05, 4.69) is 6.92 Å². The van der Waals surface area contributed by atoms with Crippen molar-refractivity contribution in [3.05, 3.63) is 0 Å². The zero-order valence-electron chi connectivity index (χ0n) is 7.10. The molecule has 0 spiro atoms. The van der Waals surface area contributed by atoms with Crippen molar-refractivity contribution in [2.45, 2.75) is 39.2 Å². The van der Waals surface area contributed by atoms with Crippen LogP contribution in [0.4, 0.5) is 0 Å². The zero-order chi connectivity index (χ0) is 7.82. The van der Waals surface area contributed by atoms with E-state index in [0.717, 1.165) is 26.0 Å². The van der Waals surface area contributed by atoms with E-state index in [9.17, 15) is 0 Å². The summed E-state index contributed by atoms with van der Waals surface area (Å²) in [5, 5.41) is 0. The molecule has 0 heterocycles. The number of ether oxygens (including phenoxy) is 1. The van der Waals surface area contributed by atoms with Gasteiger partial charge in [-0.25, -0.2) is 0 Å². The summed E-state index contributed by atoms with van der Waals surface area (Å²) in [6.45, 7) is 5.77. The highest BCUT2D eigenvalue weighted by Crippen LogP contribution is 2.02. The smallest absolute Gasteiger partial charge is 0.0546 e. The molecule has 0 radical (unpaired) electrons. The minimum Gasteiger partial charge on any atom is -0.379 e. The van der Waals surface area contributed by atoms with E-state index in [-0.39, 0.29) is 0 Å². The molecule has 10 heavy (non-hydrogen) atoms. The molecule has 62 valence electrons. The minimum absolute atomic E-state index is 0.413. The molecule has 0 aromatic rings. The normalized spacial score (nSPS) is 13.5. The summed E-state index contributed by atoms with van der Waals surface area (Å²) >= 11 is 0. The highest BCUT2D eigenvalue weighted by molar-refractivity contribution is 4.50. The average Bonchev–Trinajstić information content (AvgIpc) is 1.89. The molecule has 0 aliphatic carbocycles. The second kappa shape index (κ2) is 7.03. The molecule has 0 bridgehead atoms. The molecule has 0 saturated carbocycles. The maximum atomic E-state index is 5.35. The fraction of sp³-hybridized carbons (Fsp3) is 1.00. The maximum absolute atomic E-state index is 5.35. The molecule has 0 aliphatic heterocycles. The Bertz CT molecular complexity index is 66.3.